The Hall–Kier alpha value is -2.58. The minimum absolute atomic E-state index is 0.0242. The molecule has 2 aromatic rings. The molecule has 0 bridgehead atoms. The number of rotatable bonds is 6. The van der Waals surface area contributed by atoms with Gasteiger partial charge in [0.25, 0.3) is 5.69 Å². The quantitative estimate of drug-likeness (QED) is 0.417. The first-order valence-electron chi connectivity index (χ1n) is 9.05. The lowest BCUT2D eigenvalue weighted by Gasteiger charge is -2.30. The number of amides is 1. The summed E-state index contributed by atoms with van der Waals surface area (Å²) in [6.07, 6.45) is 3.09. The van der Waals surface area contributed by atoms with Crippen LogP contribution in [0.4, 0.5) is 5.69 Å². The number of benzene rings is 2. The Morgan fingerprint density at radius 1 is 1.18 bits per heavy atom. The highest BCUT2D eigenvalue weighted by Gasteiger charge is 2.24. The Morgan fingerprint density at radius 3 is 2.43 bits per heavy atom. The summed E-state index contributed by atoms with van der Waals surface area (Å²) < 4.78 is 1.07. The summed E-state index contributed by atoms with van der Waals surface area (Å²) in [7, 11) is 0. The Bertz CT molecular complexity index is 845. The van der Waals surface area contributed by atoms with Crippen LogP contribution >= 0.6 is 15.9 Å². The van der Waals surface area contributed by atoms with Gasteiger partial charge in [-0.3, -0.25) is 19.8 Å². The van der Waals surface area contributed by atoms with Crippen LogP contribution in [0.2, 0.25) is 0 Å². The van der Waals surface area contributed by atoms with Gasteiger partial charge >= 0.3 is 0 Å². The molecule has 0 unspecified atom stereocenters. The molecular formula is C20H21BrN4O3. The third-order valence-electron chi connectivity index (χ3n) is 4.77. The number of non-ortho nitro benzene ring substituents is 1. The van der Waals surface area contributed by atoms with Crippen LogP contribution in [0.15, 0.2) is 58.1 Å². The van der Waals surface area contributed by atoms with Gasteiger partial charge in [-0.05, 0) is 61.3 Å². The van der Waals surface area contributed by atoms with Gasteiger partial charge < -0.3 is 0 Å². The maximum absolute atomic E-state index is 12.3. The van der Waals surface area contributed by atoms with Gasteiger partial charge in [0.2, 0.25) is 5.91 Å². The van der Waals surface area contributed by atoms with E-state index in [0.29, 0.717) is 5.56 Å². The molecule has 146 valence electrons. The van der Waals surface area contributed by atoms with Crippen molar-refractivity contribution < 1.29 is 9.72 Å². The number of hydrazone groups is 1. The zero-order valence-corrected chi connectivity index (χ0v) is 16.8. The number of halogens is 1. The molecule has 0 radical (unpaired) electrons. The van der Waals surface area contributed by atoms with Crippen molar-refractivity contribution in [2.75, 3.05) is 13.1 Å². The van der Waals surface area contributed by atoms with Crippen molar-refractivity contribution in [1.82, 2.24) is 10.3 Å². The smallest absolute Gasteiger partial charge is 0.269 e. The second-order valence-electron chi connectivity index (χ2n) is 6.76. The molecule has 0 spiro atoms. The summed E-state index contributed by atoms with van der Waals surface area (Å²) in [5.41, 5.74) is 4.56. The van der Waals surface area contributed by atoms with Crippen molar-refractivity contribution in [2.45, 2.75) is 19.4 Å². The summed E-state index contributed by atoms with van der Waals surface area (Å²) in [6.45, 7) is 2.64. The molecule has 1 saturated heterocycles. The standard InChI is InChI=1S/C20H21BrN4O3/c21-18-5-1-16(2-6-18)14-24-11-9-17(10-12-24)20(26)23-22-13-15-3-7-19(8-4-15)25(27)28/h1-8,13,17H,9-12,14H2,(H,23,26)/b22-13+. The first-order valence-corrected chi connectivity index (χ1v) is 9.85. The number of carbonyl (C=O) groups is 1. The Kier molecular flexibility index (Phi) is 6.89. The third kappa shape index (κ3) is 5.71. The molecule has 0 aromatic heterocycles. The predicted octanol–water partition coefficient (Wildman–Crippen LogP) is 3.72. The van der Waals surface area contributed by atoms with Gasteiger partial charge in [-0.1, -0.05) is 28.1 Å². The largest absolute Gasteiger partial charge is 0.299 e. The Balaban J connectivity index is 1.43. The SMILES string of the molecule is O=C(N/N=C/c1ccc([N+](=O)[O-])cc1)C1CCN(Cc2ccc(Br)cc2)CC1. The van der Waals surface area contributed by atoms with E-state index in [4.69, 9.17) is 0 Å². The predicted molar refractivity (Wildman–Crippen MR) is 111 cm³/mol. The fourth-order valence-electron chi connectivity index (χ4n) is 3.15. The summed E-state index contributed by atoms with van der Waals surface area (Å²) in [6, 6.07) is 14.3. The lowest BCUT2D eigenvalue weighted by molar-refractivity contribution is -0.384. The molecule has 0 atom stereocenters. The number of hydrogen-bond donors (Lipinski definition) is 1. The number of piperidine rings is 1. The molecule has 1 heterocycles. The zero-order valence-electron chi connectivity index (χ0n) is 15.3. The number of carbonyl (C=O) groups excluding carboxylic acids is 1. The van der Waals surface area contributed by atoms with Crippen molar-refractivity contribution >= 4 is 33.7 Å². The molecule has 2 aromatic carbocycles. The van der Waals surface area contributed by atoms with Gasteiger partial charge in [0.05, 0.1) is 11.1 Å². The molecule has 0 saturated carbocycles. The average molecular weight is 445 g/mol. The van der Waals surface area contributed by atoms with Crippen LogP contribution in [0.3, 0.4) is 0 Å². The van der Waals surface area contributed by atoms with Crippen LogP contribution in [0.25, 0.3) is 0 Å². The zero-order chi connectivity index (χ0) is 19.9. The lowest BCUT2D eigenvalue weighted by Crippen LogP contribution is -2.39. The summed E-state index contributed by atoms with van der Waals surface area (Å²) in [4.78, 5) is 24.8. The summed E-state index contributed by atoms with van der Waals surface area (Å²) in [5.74, 6) is -0.128. The van der Waals surface area contributed by atoms with E-state index in [1.54, 1.807) is 12.1 Å². The van der Waals surface area contributed by atoms with Gasteiger partial charge in [-0.15, -0.1) is 0 Å². The van der Waals surface area contributed by atoms with E-state index in [-0.39, 0.29) is 17.5 Å². The minimum Gasteiger partial charge on any atom is -0.299 e. The molecule has 1 aliphatic heterocycles. The molecular weight excluding hydrogens is 424 g/mol. The van der Waals surface area contributed by atoms with Crippen LogP contribution in [-0.2, 0) is 11.3 Å². The molecule has 28 heavy (non-hydrogen) atoms. The molecule has 7 nitrogen and oxygen atoms in total. The Labute approximate surface area is 171 Å². The third-order valence-corrected chi connectivity index (χ3v) is 5.30. The average Bonchev–Trinajstić information content (AvgIpc) is 2.70. The topological polar surface area (TPSA) is 87.8 Å². The molecule has 1 fully saturated rings. The van der Waals surface area contributed by atoms with E-state index < -0.39 is 4.92 Å². The highest BCUT2D eigenvalue weighted by molar-refractivity contribution is 9.10. The number of hydrogen-bond acceptors (Lipinski definition) is 5. The number of nitro benzene ring substituents is 1. The first-order chi connectivity index (χ1) is 13.5. The second kappa shape index (κ2) is 9.57. The fourth-order valence-corrected chi connectivity index (χ4v) is 3.41. The highest BCUT2D eigenvalue weighted by Crippen LogP contribution is 2.20. The van der Waals surface area contributed by atoms with Gasteiger partial charge in [0.15, 0.2) is 0 Å². The molecule has 3 rings (SSSR count). The van der Waals surface area contributed by atoms with Gasteiger partial charge in [0.1, 0.15) is 0 Å². The molecule has 0 aliphatic carbocycles. The van der Waals surface area contributed by atoms with Crippen LogP contribution in [-0.4, -0.2) is 35.0 Å². The molecule has 1 aliphatic rings. The molecule has 1 N–H and O–H groups in total. The second-order valence-corrected chi connectivity index (χ2v) is 7.68. The Morgan fingerprint density at radius 2 is 1.82 bits per heavy atom. The van der Waals surface area contributed by atoms with Crippen LogP contribution in [0.1, 0.15) is 24.0 Å². The van der Waals surface area contributed by atoms with Crippen molar-refractivity contribution in [3.05, 3.63) is 74.2 Å². The van der Waals surface area contributed by atoms with E-state index in [1.165, 1.54) is 23.9 Å². The fraction of sp³-hybridized carbons (Fsp3) is 0.300. The van der Waals surface area contributed by atoms with E-state index >= 15 is 0 Å². The van der Waals surface area contributed by atoms with Crippen LogP contribution < -0.4 is 5.43 Å². The van der Waals surface area contributed by atoms with Crippen molar-refractivity contribution in [3.8, 4) is 0 Å². The monoisotopic (exact) mass is 444 g/mol. The summed E-state index contributed by atoms with van der Waals surface area (Å²) >= 11 is 3.44. The van der Waals surface area contributed by atoms with E-state index in [2.05, 4.69) is 43.5 Å². The lowest BCUT2D eigenvalue weighted by atomic mass is 9.96. The van der Waals surface area contributed by atoms with Gasteiger partial charge in [-0.2, -0.15) is 5.10 Å². The van der Waals surface area contributed by atoms with E-state index in [0.717, 1.165) is 36.9 Å². The molecule has 8 heteroatoms. The number of nitro groups is 1. The first kappa shape index (κ1) is 20.2. The van der Waals surface area contributed by atoms with Crippen LogP contribution in [0.5, 0.6) is 0 Å². The number of likely N-dealkylation sites (tertiary alicyclic amines) is 1. The summed E-state index contributed by atoms with van der Waals surface area (Å²) in [5, 5.41) is 14.6. The van der Waals surface area contributed by atoms with Gasteiger partial charge in [-0.25, -0.2) is 5.43 Å². The maximum atomic E-state index is 12.3. The maximum Gasteiger partial charge on any atom is 0.269 e. The van der Waals surface area contributed by atoms with Crippen LogP contribution in [0, 0.1) is 16.0 Å². The highest BCUT2D eigenvalue weighted by atomic mass is 79.9. The normalized spacial score (nSPS) is 15.6. The van der Waals surface area contributed by atoms with Crippen molar-refractivity contribution in [3.63, 3.8) is 0 Å². The number of nitrogens with zero attached hydrogens (tertiary/aromatic N) is 3. The number of nitrogens with one attached hydrogen (secondary N) is 1. The minimum atomic E-state index is -0.453. The van der Waals surface area contributed by atoms with E-state index in [1.807, 2.05) is 12.1 Å². The van der Waals surface area contributed by atoms with E-state index in [9.17, 15) is 14.9 Å². The van der Waals surface area contributed by atoms with Crippen molar-refractivity contribution in [2.24, 2.45) is 11.0 Å². The molecule has 1 amide bonds. The van der Waals surface area contributed by atoms with Gasteiger partial charge in [0, 0.05) is 29.1 Å². The van der Waals surface area contributed by atoms with Crippen molar-refractivity contribution in [1.29, 1.82) is 0 Å².